The van der Waals surface area contributed by atoms with Gasteiger partial charge in [0.1, 0.15) is 0 Å². The molecule has 0 saturated carbocycles. The van der Waals surface area contributed by atoms with Crippen LogP contribution in [0.1, 0.15) is 32.0 Å². The van der Waals surface area contributed by atoms with Crippen molar-refractivity contribution in [2.75, 3.05) is 39.8 Å². The van der Waals surface area contributed by atoms with Crippen LogP contribution in [-0.2, 0) is 6.54 Å². The fourth-order valence-electron chi connectivity index (χ4n) is 2.92. The van der Waals surface area contributed by atoms with Gasteiger partial charge in [0, 0.05) is 33.6 Å². The van der Waals surface area contributed by atoms with Gasteiger partial charge >= 0.3 is 0 Å². The van der Waals surface area contributed by atoms with Gasteiger partial charge in [-0.05, 0) is 25.4 Å². The van der Waals surface area contributed by atoms with Gasteiger partial charge in [-0.15, -0.1) is 24.0 Å². The van der Waals surface area contributed by atoms with Gasteiger partial charge in [-0.25, -0.2) is 0 Å². The number of aliphatic imine (C=N–C) groups is 1. The second-order valence-electron chi connectivity index (χ2n) is 5.72. The van der Waals surface area contributed by atoms with Crippen LogP contribution in [0.25, 0.3) is 0 Å². The molecule has 0 aromatic carbocycles. The van der Waals surface area contributed by atoms with Crippen LogP contribution in [0.15, 0.2) is 9.52 Å². The normalized spacial score (nSPS) is 18.4. The first-order chi connectivity index (χ1) is 10.7. The average Bonchev–Trinajstić information content (AvgIpc) is 3.15. The Balaban J connectivity index is 0.00000264. The van der Waals surface area contributed by atoms with Gasteiger partial charge in [0.15, 0.2) is 11.8 Å². The van der Waals surface area contributed by atoms with E-state index in [0.717, 1.165) is 32.1 Å². The zero-order chi connectivity index (χ0) is 15.9. The van der Waals surface area contributed by atoms with Crippen molar-refractivity contribution >= 4 is 29.9 Å². The molecule has 1 fully saturated rings. The Bertz CT molecular complexity index is 488. The highest BCUT2D eigenvalue weighted by atomic mass is 127. The summed E-state index contributed by atoms with van der Waals surface area (Å²) < 4.78 is 4.98. The zero-order valence-electron chi connectivity index (χ0n) is 14.6. The highest BCUT2D eigenvalue weighted by Gasteiger charge is 2.26. The number of aromatic nitrogens is 2. The fraction of sp³-hybridized carbons (Fsp3) is 0.800. The lowest BCUT2D eigenvalue weighted by molar-refractivity contribution is 0.255. The highest BCUT2D eigenvalue weighted by Crippen LogP contribution is 2.17. The van der Waals surface area contributed by atoms with Crippen LogP contribution in [0.5, 0.6) is 0 Å². The third kappa shape index (κ3) is 5.91. The maximum atomic E-state index is 4.98. The number of nitrogens with zero attached hydrogens (tertiary/aromatic N) is 5. The number of rotatable bonds is 6. The monoisotopic (exact) mass is 436 g/mol. The summed E-state index contributed by atoms with van der Waals surface area (Å²) in [5.74, 6) is 2.89. The summed E-state index contributed by atoms with van der Waals surface area (Å²) >= 11 is 0. The molecule has 2 rings (SSSR count). The van der Waals surface area contributed by atoms with E-state index in [4.69, 9.17) is 4.52 Å². The molecule has 8 heteroatoms. The largest absolute Gasteiger partial charge is 0.349 e. The minimum atomic E-state index is 0. The first kappa shape index (κ1) is 20.1. The Morgan fingerprint density at radius 1 is 1.43 bits per heavy atom. The van der Waals surface area contributed by atoms with Crippen molar-refractivity contribution in [3.63, 3.8) is 0 Å². The summed E-state index contributed by atoms with van der Waals surface area (Å²) in [5.41, 5.74) is 0. The quantitative estimate of drug-likeness (QED) is 0.416. The Morgan fingerprint density at radius 2 is 2.17 bits per heavy atom. The summed E-state index contributed by atoms with van der Waals surface area (Å²) in [4.78, 5) is 13.4. The Hall–Kier alpha value is -0.900. The van der Waals surface area contributed by atoms with E-state index in [2.05, 4.69) is 44.1 Å². The second-order valence-corrected chi connectivity index (χ2v) is 5.72. The number of likely N-dealkylation sites (tertiary alicyclic amines) is 1. The van der Waals surface area contributed by atoms with Crippen molar-refractivity contribution in [1.82, 2.24) is 25.3 Å². The molecular formula is C15H29IN6O. The molecule has 132 valence electrons. The summed E-state index contributed by atoms with van der Waals surface area (Å²) in [6.07, 6.45) is 1.22. The van der Waals surface area contributed by atoms with Crippen LogP contribution >= 0.6 is 24.0 Å². The molecule has 1 atom stereocenters. The van der Waals surface area contributed by atoms with Gasteiger partial charge in [0.25, 0.3) is 0 Å². The van der Waals surface area contributed by atoms with E-state index < -0.39 is 0 Å². The molecule has 1 aromatic heterocycles. The molecule has 7 nitrogen and oxygen atoms in total. The molecule has 1 N–H and O–H groups in total. The van der Waals surface area contributed by atoms with Crippen LogP contribution in [-0.4, -0.2) is 65.7 Å². The molecule has 0 spiro atoms. The third-order valence-corrected chi connectivity index (χ3v) is 4.18. The Morgan fingerprint density at radius 3 is 2.74 bits per heavy atom. The predicted octanol–water partition coefficient (Wildman–Crippen LogP) is 1.74. The summed E-state index contributed by atoms with van der Waals surface area (Å²) in [7, 11) is 1.82. The fourth-order valence-corrected chi connectivity index (χ4v) is 2.92. The number of hydrogen-bond donors (Lipinski definition) is 1. The molecule has 0 radical (unpaired) electrons. The predicted molar refractivity (Wildman–Crippen MR) is 102 cm³/mol. The molecule has 0 bridgehead atoms. The summed E-state index contributed by atoms with van der Waals surface area (Å²) in [6, 6.07) is 0. The van der Waals surface area contributed by atoms with Crippen LogP contribution in [0.4, 0.5) is 0 Å². The van der Waals surface area contributed by atoms with Crippen molar-refractivity contribution in [2.24, 2.45) is 10.9 Å². The molecule has 1 aromatic rings. The van der Waals surface area contributed by atoms with Gasteiger partial charge in [0.05, 0.1) is 6.54 Å². The van der Waals surface area contributed by atoms with Gasteiger partial charge in [-0.3, -0.25) is 4.99 Å². The maximum absolute atomic E-state index is 4.98. The van der Waals surface area contributed by atoms with E-state index in [9.17, 15) is 0 Å². The number of halogens is 1. The topological polar surface area (TPSA) is 69.8 Å². The van der Waals surface area contributed by atoms with Crippen LogP contribution in [0.2, 0.25) is 0 Å². The van der Waals surface area contributed by atoms with E-state index in [1.165, 1.54) is 13.0 Å². The van der Waals surface area contributed by atoms with Crippen molar-refractivity contribution in [1.29, 1.82) is 0 Å². The molecule has 1 aliphatic heterocycles. The number of nitrogens with one attached hydrogen (secondary N) is 1. The number of hydrogen-bond acceptors (Lipinski definition) is 5. The number of guanidine groups is 1. The van der Waals surface area contributed by atoms with Gasteiger partial charge < -0.3 is 19.6 Å². The van der Waals surface area contributed by atoms with Crippen LogP contribution in [0.3, 0.4) is 0 Å². The van der Waals surface area contributed by atoms with E-state index in [1.807, 2.05) is 7.05 Å². The van der Waals surface area contributed by atoms with Crippen molar-refractivity contribution in [2.45, 2.75) is 33.7 Å². The average molecular weight is 436 g/mol. The highest BCUT2D eigenvalue weighted by molar-refractivity contribution is 14.0. The lowest BCUT2D eigenvalue weighted by atomic mass is 10.1. The minimum Gasteiger partial charge on any atom is -0.349 e. The molecular weight excluding hydrogens is 407 g/mol. The first-order valence-corrected chi connectivity index (χ1v) is 8.13. The summed E-state index contributed by atoms with van der Waals surface area (Å²) in [5, 5.41) is 7.22. The van der Waals surface area contributed by atoms with E-state index in [0.29, 0.717) is 24.2 Å². The Labute approximate surface area is 155 Å². The standard InChI is InChI=1S/C15H28N6O.HI/c1-5-20(6-2)10-13-7-8-21(11-13)15(16-4)17-9-14-18-12(3)22-19-14;/h13H,5-11H2,1-4H3,(H,16,17);1H. The van der Waals surface area contributed by atoms with Gasteiger partial charge in [-0.2, -0.15) is 4.98 Å². The van der Waals surface area contributed by atoms with Crippen molar-refractivity contribution < 1.29 is 4.52 Å². The summed E-state index contributed by atoms with van der Waals surface area (Å²) in [6.45, 7) is 12.3. The molecule has 1 unspecified atom stereocenters. The SMILES string of the molecule is CCN(CC)CC1CCN(C(=NC)NCc2noc(C)n2)C1.I. The van der Waals surface area contributed by atoms with Gasteiger partial charge in [-0.1, -0.05) is 19.0 Å². The van der Waals surface area contributed by atoms with E-state index >= 15 is 0 Å². The molecule has 23 heavy (non-hydrogen) atoms. The molecule has 1 aliphatic rings. The van der Waals surface area contributed by atoms with Gasteiger partial charge in [0.2, 0.25) is 5.89 Å². The van der Waals surface area contributed by atoms with Crippen LogP contribution in [0, 0.1) is 12.8 Å². The van der Waals surface area contributed by atoms with E-state index in [-0.39, 0.29) is 24.0 Å². The number of aryl methyl sites for hydroxylation is 1. The molecule has 2 heterocycles. The Kier molecular flexibility index (Phi) is 8.82. The molecule has 0 aliphatic carbocycles. The van der Waals surface area contributed by atoms with Crippen LogP contribution < -0.4 is 5.32 Å². The smallest absolute Gasteiger partial charge is 0.223 e. The second kappa shape index (κ2) is 10.1. The lowest BCUT2D eigenvalue weighted by Crippen LogP contribution is -2.40. The minimum absolute atomic E-state index is 0. The van der Waals surface area contributed by atoms with Crippen molar-refractivity contribution in [3.8, 4) is 0 Å². The zero-order valence-corrected chi connectivity index (χ0v) is 16.9. The third-order valence-electron chi connectivity index (χ3n) is 4.18. The van der Waals surface area contributed by atoms with Crippen molar-refractivity contribution in [3.05, 3.63) is 11.7 Å². The van der Waals surface area contributed by atoms with E-state index in [1.54, 1.807) is 6.92 Å². The maximum Gasteiger partial charge on any atom is 0.223 e. The molecule has 0 amide bonds. The first-order valence-electron chi connectivity index (χ1n) is 8.13. The molecule has 1 saturated heterocycles. The lowest BCUT2D eigenvalue weighted by Gasteiger charge is -2.24.